The molecule has 1 aromatic carbocycles. The molecule has 1 atom stereocenters. The second-order valence-electron chi connectivity index (χ2n) is 6.56. The molecule has 1 aromatic rings. The Bertz CT molecular complexity index is 379. The summed E-state index contributed by atoms with van der Waals surface area (Å²) in [5.41, 5.74) is 3.08. The van der Waals surface area contributed by atoms with Gasteiger partial charge in [0.1, 0.15) is 0 Å². The van der Waals surface area contributed by atoms with Crippen molar-refractivity contribution in [2.75, 3.05) is 13.6 Å². The van der Waals surface area contributed by atoms with Crippen LogP contribution >= 0.6 is 0 Å². The third-order valence-corrected chi connectivity index (χ3v) is 3.92. The minimum absolute atomic E-state index is 0.316. The van der Waals surface area contributed by atoms with E-state index < -0.39 is 0 Å². The molecule has 0 aliphatic carbocycles. The van der Waals surface area contributed by atoms with Crippen LogP contribution in [0.3, 0.4) is 0 Å². The summed E-state index contributed by atoms with van der Waals surface area (Å²) in [6.45, 7) is 14.3. The molecule has 0 heterocycles. The molecule has 1 unspecified atom stereocenters. The van der Waals surface area contributed by atoms with E-state index in [9.17, 15) is 0 Å². The molecule has 0 aliphatic rings. The van der Waals surface area contributed by atoms with Crippen molar-refractivity contribution in [1.82, 2.24) is 10.2 Å². The molecule has 2 nitrogen and oxygen atoms in total. The Balaban J connectivity index is 2.66. The van der Waals surface area contributed by atoms with Crippen molar-refractivity contribution < 1.29 is 0 Å². The number of hydrogen-bond donors (Lipinski definition) is 1. The van der Waals surface area contributed by atoms with Crippen molar-refractivity contribution in [2.24, 2.45) is 5.41 Å². The first kappa shape index (κ1) is 16.2. The second-order valence-corrected chi connectivity index (χ2v) is 6.56. The highest BCUT2D eigenvalue weighted by atomic mass is 15.1. The monoisotopic (exact) mass is 262 g/mol. The summed E-state index contributed by atoms with van der Waals surface area (Å²) in [6, 6.07) is 9.46. The first-order valence-corrected chi connectivity index (χ1v) is 7.33. The van der Waals surface area contributed by atoms with Crippen LogP contribution in [0.5, 0.6) is 0 Å². The van der Waals surface area contributed by atoms with Gasteiger partial charge in [0.2, 0.25) is 0 Å². The van der Waals surface area contributed by atoms with Gasteiger partial charge in [-0.05, 0) is 37.1 Å². The van der Waals surface area contributed by atoms with E-state index >= 15 is 0 Å². The summed E-state index contributed by atoms with van der Waals surface area (Å²) in [7, 11) is 2.22. The van der Waals surface area contributed by atoms with E-state index in [1.807, 2.05) is 0 Å². The molecule has 0 spiro atoms. The zero-order valence-corrected chi connectivity index (χ0v) is 13.5. The van der Waals surface area contributed by atoms with Gasteiger partial charge in [0.05, 0.1) is 0 Å². The predicted octanol–water partition coefficient (Wildman–Crippen LogP) is 3.66. The summed E-state index contributed by atoms with van der Waals surface area (Å²) >= 11 is 0. The minimum Gasteiger partial charge on any atom is -0.313 e. The van der Waals surface area contributed by atoms with Crippen LogP contribution in [0.4, 0.5) is 0 Å². The van der Waals surface area contributed by atoms with Gasteiger partial charge in [0.25, 0.3) is 0 Å². The van der Waals surface area contributed by atoms with Gasteiger partial charge >= 0.3 is 0 Å². The molecular weight excluding hydrogens is 232 g/mol. The average Bonchev–Trinajstić information content (AvgIpc) is 2.34. The van der Waals surface area contributed by atoms with Crippen LogP contribution in [-0.2, 0) is 13.1 Å². The second kappa shape index (κ2) is 7.06. The van der Waals surface area contributed by atoms with Crippen LogP contribution in [0.15, 0.2) is 24.3 Å². The van der Waals surface area contributed by atoms with Crippen LogP contribution in [0, 0.1) is 5.41 Å². The molecule has 2 heteroatoms. The normalized spacial score (nSPS) is 13.8. The van der Waals surface area contributed by atoms with E-state index in [1.54, 1.807) is 0 Å². The third-order valence-electron chi connectivity index (χ3n) is 3.92. The highest BCUT2D eigenvalue weighted by Gasteiger charge is 2.23. The van der Waals surface area contributed by atoms with Crippen molar-refractivity contribution in [3.05, 3.63) is 35.4 Å². The van der Waals surface area contributed by atoms with Crippen LogP contribution in [0.1, 0.15) is 45.7 Å². The molecule has 1 N–H and O–H groups in total. The van der Waals surface area contributed by atoms with Crippen molar-refractivity contribution in [1.29, 1.82) is 0 Å². The lowest BCUT2D eigenvalue weighted by molar-refractivity contribution is 0.134. The molecule has 0 saturated heterocycles. The fourth-order valence-corrected chi connectivity index (χ4v) is 2.19. The first-order valence-electron chi connectivity index (χ1n) is 7.33. The van der Waals surface area contributed by atoms with Crippen molar-refractivity contribution in [3.63, 3.8) is 0 Å². The van der Waals surface area contributed by atoms with Gasteiger partial charge in [0.15, 0.2) is 0 Å². The van der Waals surface area contributed by atoms with Crippen LogP contribution in [0.25, 0.3) is 0 Å². The lowest BCUT2D eigenvalue weighted by Crippen LogP contribution is -2.38. The highest BCUT2D eigenvalue weighted by molar-refractivity contribution is 5.23. The van der Waals surface area contributed by atoms with Gasteiger partial charge in [-0.1, -0.05) is 52.0 Å². The molecule has 19 heavy (non-hydrogen) atoms. The molecule has 0 amide bonds. The van der Waals surface area contributed by atoms with Gasteiger partial charge in [0, 0.05) is 19.1 Å². The summed E-state index contributed by atoms with van der Waals surface area (Å²) in [6.07, 6.45) is 0. The lowest BCUT2D eigenvalue weighted by atomic mass is 9.87. The highest BCUT2D eigenvalue weighted by Crippen LogP contribution is 2.24. The molecule has 0 radical (unpaired) electrons. The molecule has 0 aromatic heterocycles. The molecule has 108 valence electrons. The molecule has 0 bridgehead atoms. The van der Waals surface area contributed by atoms with Crippen LogP contribution < -0.4 is 5.32 Å². The Hall–Kier alpha value is -0.860. The van der Waals surface area contributed by atoms with E-state index in [0.29, 0.717) is 11.5 Å². The van der Waals surface area contributed by atoms with E-state index in [4.69, 9.17) is 0 Å². The van der Waals surface area contributed by atoms with Gasteiger partial charge < -0.3 is 5.32 Å². The molecule has 0 fully saturated rings. The van der Waals surface area contributed by atoms with Gasteiger partial charge in [-0.25, -0.2) is 0 Å². The zero-order chi connectivity index (χ0) is 14.5. The topological polar surface area (TPSA) is 15.3 Å². The zero-order valence-electron chi connectivity index (χ0n) is 13.5. The van der Waals surface area contributed by atoms with Crippen molar-refractivity contribution in [2.45, 2.75) is 53.8 Å². The Morgan fingerprint density at radius 1 is 1.21 bits per heavy atom. The Kier molecular flexibility index (Phi) is 6.02. The summed E-state index contributed by atoms with van der Waals surface area (Å²) in [4.78, 5) is 2.44. The maximum absolute atomic E-state index is 3.38. The number of nitrogens with one attached hydrogen (secondary N) is 1. The molecule has 0 aliphatic heterocycles. The Morgan fingerprint density at radius 2 is 1.84 bits per heavy atom. The van der Waals surface area contributed by atoms with E-state index in [0.717, 1.165) is 19.6 Å². The Labute approximate surface area is 119 Å². The third kappa shape index (κ3) is 5.33. The van der Waals surface area contributed by atoms with Gasteiger partial charge in [-0.15, -0.1) is 0 Å². The quantitative estimate of drug-likeness (QED) is 0.841. The number of rotatable bonds is 6. The number of nitrogens with zero attached hydrogens (tertiary/aromatic N) is 1. The predicted molar refractivity (Wildman–Crippen MR) is 84.2 cm³/mol. The lowest BCUT2D eigenvalue weighted by Gasteiger charge is -2.35. The minimum atomic E-state index is 0.316. The SMILES string of the molecule is CCNCc1cccc(CN(C)C(C)C(C)(C)C)c1. The van der Waals surface area contributed by atoms with E-state index in [1.165, 1.54) is 11.1 Å². The summed E-state index contributed by atoms with van der Waals surface area (Å²) in [5.74, 6) is 0. The number of hydrogen-bond acceptors (Lipinski definition) is 2. The van der Waals surface area contributed by atoms with E-state index in [2.05, 4.69) is 76.1 Å². The van der Waals surface area contributed by atoms with Crippen LogP contribution in [0.2, 0.25) is 0 Å². The summed E-state index contributed by atoms with van der Waals surface area (Å²) in [5, 5.41) is 3.38. The molecule has 1 rings (SSSR count). The van der Waals surface area contributed by atoms with Gasteiger partial charge in [-0.2, -0.15) is 0 Å². The Morgan fingerprint density at radius 3 is 2.42 bits per heavy atom. The largest absolute Gasteiger partial charge is 0.313 e. The van der Waals surface area contributed by atoms with Crippen molar-refractivity contribution >= 4 is 0 Å². The summed E-state index contributed by atoms with van der Waals surface area (Å²) < 4.78 is 0. The maximum Gasteiger partial charge on any atom is 0.0233 e. The average molecular weight is 262 g/mol. The smallest absolute Gasteiger partial charge is 0.0233 e. The fraction of sp³-hybridized carbons (Fsp3) is 0.647. The van der Waals surface area contributed by atoms with Crippen LogP contribution in [-0.4, -0.2) is 24.5 Å². The van der Waals surface area contributed by atoms with Crippen molar-refractivity contribution in [3.8, 4) is 0 Å². The maximum atomic E-state index is 3.38. The molecular formula is C17H30N2. The van der Waals surface area contributed by atoms with E-state index in [-0.39, 0.29) is 0 Å². The standard InChI is InChI=1S/C17H30N2/c1-7-18-12-15-9-8-10-16(11-15)13-19(6)14(2)17(3,4)5/h8-11,14,18H,7,12-13H2,1-6H3. The first-order chi connectivity index (χ1) is 8.84. The fourth-order valence-electron chi connectivity index (χ4n) is 2.19. The molecule has 0 saturated carbocycles. The van der Waals surface area contributed by atoms with Gasteiger partial charge in [-0.3, -0.25) is 4.90 Å². The number of benzene rings is 1.